The van der Waals surface area contributed by atoms with Crippen molar-refractivity contribution in [3.63, 3.8) is 0 Å². The number of ether oxygens (including phenoxy) is 9. The summed E-state index contributed by atoms with van der Waals surface area (Å²) in [6.45, 7) is 12.2. The van der Waals surface area contributed by atoms with Gasteiger partial charge in [-0.3, -0.25) is 0 Å². The quantitative estimate of drug-likeness (QED) is 0.100. The highest BCUT2D eigenvalue weighted by Gasteiger charge is 2.49. The zero-order valence-corrected chi connectivity index (χ0v) is 47.8. The Hall–Kier alpha value is -7.67. The molecule has 7 atom stereocenters. The number of hydrogen-bond donors (Lipinski definition) is 1. The van der Waals surface area contributed by atoms with E-state index in [9.17, 15) is 44.6 Å². The van der Waals surface area contributed by atoms with Crippen molar-refractivity contribution in [2.24, 2.45) is 0 Å². The number of benzene rings is 6. The standard InChI is InChI=1S/C22H23F3O4.2C22H21F3O3/c1-3-27-15-8-6-14(18(23)19(15)24)22(26)10-9-12-13-5-7-16(28-4-2)20(25)21(13)29-17(12)11-22;2*1-3-26-16-9-7-13(19(23)20(16)24)12-5-6-14-15-8-10-17(27-4-2)21(25)22(15)28-18(14)11-12/h5-8,12,17,26H,3-4,9-11H2,1-2H3;7-11,14,18H,3-6H2,1-2H3;5,7-10,14,18H,3-4,6,11H2,1-2H3/t12-,17?,22?;2*14-,18?/m000/s1. The van der Waals surface area contributed by atoms with E-state index in [2.05, 4.69) is 0 Å². The van der Waals surface area contributed by atoms with Crippen molar-refractivity contribution in [2.45, 2.75) is 128 Å². The van der Waals surface area contributed by atoms with E-state index in [1.807, 2.05) is 18.2 Å². The number of fused-ring (bicyclic) bond motifs is 9. The van der Waals surface area contributed by atoms with E-state index in [1.165, 1.54) is 36.4 Å². The second kappa shape index (κ2) is 25.5. The largest absolute Gasteiger partial charge is 0.491 e. The number of hydrogen-bond acceptors (Lipinski definition) is 10. The lowest BCUT2D eigenvalue weighted by atomic mass is 9.72. The minimum Gasteiger partial charge on any atom is -0.491 e. The second-order valence-electron chi connectivity index (χ2n) is 21.1. The van der Waals surface area contributed by atoms with E-state index in [0.717, 1.165) is 16.7 Å². The van der Waals surface area contributed by atoms with Crippen LogP contribution in [0.4, 0.5) is 39.5 Å². The van der Waals surface area contributed by atoms with Gasteiger partial charge in [0.15, 0.2) is 69.2 Å². The Morgan fingerprint density at radius 2 is 0.847 bits per heavy atom. The summed E-state index contributed by atoms with van der Waals surface area (Å²) >= 11 is 0. The fourth-order valence-electron chi connectivity index (χ4n) is 12.3. The van der Waals surface area contributed by atoms with Crippen molar-refractivity contribution in [3.8, 4) is 51.7 Å². The Bertz CT molecular complexity index is 3530. The maximum absolute atomic E-state index is 14.7. The predicted molar refractivity (Wildman–Crippen MR) is 299 cm³/mol. The predicted octanol–water partition coefficient (Wildman–Crippen LogP) is 16.1. The van der Waals surface area contributed by atoms with E-state index in [1.54, 1.807) is 71.9 Å². The third kappa shape index (κ3) is 11.5. The van der Waals surface area contributed by atoms with Gasteiger partial charge in [-0.1, -0.05) is 24.3 Å². The van der Waals surface area contributed by atoms with E-state index < -0.39 is 70.2 Å². The van der Waals surface area contributed by atoms with Gasteiger partial charge in [0.25, 0.3) is 0 Å². The number of aliphatic hydroxyl groups is 1. The van der Waals surface area contributed by atoms with Gasteiger partial charge in [0.2, 0.25) is 34.9 Å². The summed E-state index contributed by atoms with van der Waals surface area (Å²) in [5.74, 6) is -7.30. The van der Waals surface area contributed by atoms with E-state index in [4.69, 9.17) is 42.6 Å². The minimum absolute atomic E-state index is 0.0143. The normalized spacial score (nSPS) is 21.8. The molecule has 1 fully saturated rings. The smallest absolute Gasteiger partial charge is 0.207 e. The van der Waals surface area contributed by atoms with Gasteiger partial charge in [-0.25, -0.2) is 13.2 Å². The van der Waals surface area contributed by atoms with Gasteiger partial charge >= 0.3 is 0 Å². The maximum atomic E-state index is 14.7. The highest BCUT2D eigenvalue weighted by Crippen LogP contribution is 2.55. The first-order chi connectivity index (χ1) is 41.0. The molecule has 6 aromatic carbocycles. The van der Waals surface area contributed by atoms with Crippen molar-refractivity contribution >= 4 is 11.1 Å². The Morgan fingerprint density at radius 1 is 0.435 bits per heavy atom. The molecule has 0 bridgehead atoms. The molecule has 1 N–H and O–H groups in total. The monoisotopic (exact) mass is 1190 g/mol. The SMILES string of the molecule is CCOc1ccc(C2(O)CC[C@H]3c4ccc(OCC)c(F)c4OC3C2)c(F)c1F.CCOc1ccc(C2=CC3Oc4c(ccc(OCC)c4F)[C@@H]3CC2)c(F)c1F.CCOc1ccc(C2=CC[C@H]3c4ccc(OCC)c(F)c4OC3C2)c(F)c1F. The third-order valence-corrected chi connectivity index (χ3v) is 16.2. The number of halogens is 9. The summed E-state index contributed by atoms with van der Waals surface area (Å²) in [6.07, 6.45) is 5.19. The molecule has 0 aromatic heterocycles. The molecule has 3 aliphatic carbocycles. The van der Waals surface area contributed by atoms with Crippen LogP contribution in [0.25, 0.3) is 11.1 Å². The summed E-state index contributed by atoms with van der Waals surface area (Å²) in [7, 11) is 0. The topological polar surface area (TPSA) is 103 Å². The molecule has 452 valence electrons. The molecule has 6 aliphatic rings. The first-order valence-electron chi connectivity index (χ1n) is 28.8. The molecular formula is C66H65F9O10. The van der Waals surface area contributed by atoms with Gasteiger partial charge in [0.1, 0.15) is 18.3 Å². The van der Waals surface area contributed by atoms with Crippen LogP contribution >= 0.6 is 0 Å². The van der Waals surface area contributed by atoms with Crippen LogP contribution in [0.2, 0.25) is 0 Å². The average Bonchev–Trinajstić information content (AvgIpc) is 1.92. The Labute approximate surface area is 487 Å². The molecular weight excluding hydrogens is 1120 g/mol. The van der Waals surface area contributed by atoms with Gasteiger partial charge in [-0.15, -0.1) is 0 Å². The zero-order chi connectivity index (χ0) is 60.4. The maximum Gasteiger partial charge on any atom is 0.207 e. The van der Waals surface area contributed by atoms with Crippen molar-refractivity contribution < 1.29 is 87.3 Å². The van der Waals surface area contributed by atoms with E-state index >= 15 is 0 Å². The molecule has 12 rings (SSSR count). The zero-order valence-electron chi connectivity index (χ0n) is 47.8. The molecule has 0 spiro atoms. The summed E-state index contributed by atoms with van der Waals surface area (Å²) in [5, 5.41) is 11.2. The van der Waals surface area contributed by atoms with Crippen molar-refractivity contribution in [3.05, 3.63) is 171 Å². The molecule has 0 radical (unpaired) electrons. The summed E-state index contributed by atoms with van der Waals surface area (Å²) in [6, 6.07) is 18.8. The highest BCUT2D eigenvalue weighted by molar-refractivity contribution is 5.71. The van der Waals surface area contributed by atoms with Crippen LogP contribution in [0.1, 0.15) is 138 Å². The fourth-order valence-corrected chi connectivity index (χ4v) is 12.3. The summed E-state index contributed by atoms with van der Waals surface area (Å²) in [5.41, 5.74) is 2.24. The molecule has 1 saturated carbocycles. The molecule has 85 heavy (non-hydrogen) atoms. The van der Waals surface area contributed by atoms with Crippen molar-refractivity contribution in [2.75, 3.05) is 39.6 Å². The van der Waals surface area contributed by atoms with Crippen LogP contribution in [-0.2, 0) is 5.60 Å². The average molecular weight is 1190 g/mol. The van der Waals surface area contributed by atoms with Gasteiger partial charge in [-0.05, 0) is 145 Å². The molecule has 0 saturated heterocycles. The lowest BCUT2D eigenvalue weighted by Crippen LogP contribution is -2.40. The first kappa shape index (κ1) is 60.5. The van der Waals surface area contributed by atoms with Crippen LogP contribution in [-0.4, -0.2) is 63.1 Å². The molecule has 3 heterocycles. The summed E-state index contributed by atoms with van der Waals surface area (Å²) in [4.78, 5) is 0. The third-order valence-electron chi connectivity index (χ3n) is 16.2. The Balaban J connectivity index is 0.000000142. The minimum atomic E-state index is -1.61. The number of rotatable bonds is 15. The Kier molecular flexibility index (Phi) is 18.1. The van der Waals surface area contributed by atoms with E-state index in [0.29, 0.717) is 63.1 Å². The van der Waals surface area contributed by atoms with Crippen LogP contribution in [0, 0.1) is 52.4 Å². The molecule has 4 unspecified atom stereocenters. The van der Waals surface area contributed by atoms with Crippen molar-refractivity contribution in [1.82, 2.24) is 0 Å². The van der Waals surface area contributed by atoms with Crippen LogP contribution in [0.15, 0.2) is 84.9 Å². The summed E-state index contributed by atoms with van der Waals surface area (Å²) < 4.78 is 179. The van der Waals surface area contributed by atoms with Crippen molar-refractivity contribution in [1.29, 1.82) is 0 Å². The lowest BCUT2D eigenvalue weighted by molar-refractivity contribution is -0.0461. The molecule has 6 aromatic rings. The highest BCUT2D eigenvalue weighted by atomic mass is 19.2. The van der Waals surface area contributed by atoms with Crippen LogP contribution < -0.4 is 42.6 Å². The van der Waals surface area contributed by atoms with Gasteiger partial charge in [-0.2, -0.15) is 26.3 Å². The fraction of sp³-hybridized carbons (Fsp3) is 0.394. The first-order valence-corrected chi connectivity index (χ1v) is 28.8. The molecule has 19 heteroatoms. The lowest BCUT2D eigenvalue weighted by Gasteiger charge is -2.38. The second-order valence-corrected chi connectivity index (χ2v) is 21.1. The van der Waals surface area contributed by atoms with Gasteiger partial charge < -0.3 is 47.7 Å². The van der Waals surface area contributed by atoms with Crippen LogP contribution in [0.3, 0.4) is 0 Å². The molecule has 0 amide bonds. The van der Waals surface area contributed by atoms with Gasteiger partial charge in [0, 0.05) is 64.0 Å². The molecule has 10 nitrogen and oxygen atoms in total. The van der Waals surface area contributed by atoms with Gasteiger partial charge in [0.05, 0.1) is 45.2 Å². The Morgan fingerprint density at radius 3 is 1.35 bits per heavy atom. The van der Waals surface area contributed by atoms with Crippen LogP contribution in [0.5, 0.6) is 51.7 Å². The number of allylic oxidation sites excluding steroid dienone is 2. The molecule has 3 aliphatic heterocycles. The van der Waals surface area contributed by atoms with E-state index in [-0.39, 0.29) is 125 Å².